The molecule has 2 heterocycles. The van der Waals surface area contributed by atoms with Crippen LogP contribution in [0.3, 0.4) is 0 Å². The molecule has 0 amide bonds. The lowest BCUT2D eigenvalue weighted by Crippen LogP contribution is -2.33. The highest BCUT2D eigenvalue weighted by atomic mass is 35.5. The minimum atomic E-state index is -1.01. The predicted octanol–water partition coefficient (Wildman–Crippen LogP) is 3.44. The zero-order valence-corrected chi connectivity index (χ0v) is 16.8. The fourth-order valence-corrected chi connectivity index (χ4v) is 3.69. The monoisotopic (exact) mass is 447 g/mol. The Balaban J connectivity index is 1.98. The molecule has 0 spiro atoms. The van der Waals surface area contributed by atoms with Crippen LogP contribution in [0.15, 0.2) is 53.7 Å². The van der Waals surface area contributed by atoms with E-state index in [1.165, 1.54) is 48.2 Å². The van der Waals surface area contributed by atoms with E-state index in [9.17, 15) is 14.0 Å². The van der Waals surface area contributed by atoms with Gasteiger partial charge in [0.15, 0.2) is 5.78 Å². The molecule has 0 saturated carbocycles. The lowest BCUT2D eigenvalue weighted by atomic mass is 9.89. The van der Waals surface area contributed by atoms with Crippen LogP contribution in [0.25, 0.3) is 0 Å². The highest BCUT2D eigenvalue weighted by molar-refractivity contribution is 6.37. The van der Waals surface area contributed by atoms with Gasteiger partial charge in [0.05, 0.1) is 17.7 Å². The van der Waals surface area contributed by atoms with E-state index < -0.39 is 23.6 Å². The molecule has 11 heteroatoms. The van der Waals surface area contributed by atoms with Crippen LogP contribution in [0.2, 0.25) is 10.0 Å². The molecule has 3 aromatic rings. The van der Waals surface area contributed by atoms with Crippen molar-refractivity contribution in [1.29, 1.82) is 0 Å². The van der Waals surface area contributed by atoms with Crippen molar-refractivity contribution >= 4 is 40.9 Å². The first kappa shape index (κ1) is 20.0. The van der Waals surface area contributed by atoms with E-state index >= 15 is 0 Å². The Morgan fingerprint density at radius 2 is 2.00 bits per heavy atom. The number of fused-ring (bicyclic) bond motifs is 1. The lowest BCUT2D eigenvalue weighted by Gasteiger charge is -2.28. The SMILES string of the molecule is COC(=O)C1=C(C(=O)c2ccc(Cl)cc2Cl)C(c2cccc(F)c2)n2nnnc2N1. The Labute approximate surface area is 179 Å². The van der Waals surface area contributed by atoms with Crippen molar-refractivity contribution in [1.82, 2.24) is 20.2 Å². The zero-order valence-electron chi connectivity index (χ0n) is 15.3. The summed E-state index contributed by atoms with van der Waals surface area (Å²) in [5.74, 6) is -1.86. The molecule has 1 unspecified atom stereocenters. The topological polar surface area (TPSA) is 99.0 Å². The third-order valence-corrected chi connectivity index (χ3v) is 5.04. The van der Waals surface area contributed by atoms with Gasteiger partial charge >= 0.3 is 5.97 Å². The molecule has 1 aliphatic heterocycles. The molecule has 2 aromatic carbocycles. The second-order valence-corrected chi connectivity index (χ2v) is 7.11. The number of hydrogen-bond acceptors (Lipinski definition) is 7. The van der Waals surface area contributed by atoms with Gasteiger partial charge in [-0.25, -0.2) is 9.18 Å². The van der Waals surface area contributed by atoms with Gasteiger partial charge in [0.1, 0.15) is 17.6 Å². The molecule has 1 atom stereocenters. The van der Waals surface area contributed by atoms with Gasteiger partial charge in [0.2, 0.25) is 5.95 Å². The first-order valence-electron chi connectivity index (χ1n) is 8.53. The summed E-state index contributed by atoms with van der Waals surface area (Å²) >= 11 is 12.2. The van der Waals surface area contributed by atoms with Gasteiger partial charge < -0.3 is 10.1 Å². The third-order valence-electron chi connectivity index (χ3n) is 4.49. The quantitative estimate of drug-likeness (QED) is 0.482. The standard InChI is InChI=1S/C19H12Cl2FN5O3/c1-30-18(29)15-14(17(28)12-6-5-10(20)8-13(12)21)16(9-3-2-4-11(22)7-9)27-19(23-15)24-25-26-27/h2-8,16H,1H3,(H,23,24,26). The predicted molar refractivity (Wildman–Crippen MR) is 106 cm³/mol. The Hall–Kier alpha value is -3.30. The van der Waals surface area contributed by atoms with Crippen molar-refractivity contribution in [3.63, 3.8) is 0 Å². The number of aromatic nitrogens is 4. The van der Waals surface area contributed by atoms with E-state index in [0.29, 0.717) is 10.6 Å². The summed E-state index contributed by atoms with van der Waals surface area (Å²) in [7, 11) is 1.17. The number of halogens is 3. The highest BCUT2D eigenvalue weighted by Gasteiger charge is 2.39. The fraction of sp³-hybridized carbons (Fsp3) is 0.105. The molecule has 152 valence electrons. The number of Topliss-reactive ketones (excluding diaryl/α,β-unsaturated/α-hetero) is 1. The van der Waals surface area contributed by atoms with Gasteiger partial charge in [0.25, 0.3) is 0 Å². The van der Waals surface area contributed by atoms with Crippen molar-refractivity contribution in [2.45, 2.75) is 6.04 Å². The smallest absolute Gasteiger partial charge is 0.355 e. The maximum Gasteiger partial charge on any atom is 0.355 e. The largest absolute Gasteiger partial charge is 0.464 e. The van der Waals surface area contributed by atoms with Crippen LogP contribution in [0.5, 0.6) is 0 Å². The first-order chi connectivity index (χ1) is 14.4. The number of methoxy groups -OCH3 is 1. The summed E-state index contributed by atoms with van der Waals surface area (Å²) in [6, 6.07) is 8.88. The first-order valence-corrected chi connectivity index (χ1v) is 9.29. The van der Waals surface area contributed by atoms with Crippen LogP contribution in [0.1, 0.15) is 22.0 Å². The molecule has 1 aromatic heterocycles. The van der Waals surface area contributed by atoms with Crippen molar-refractivity contribution in [2.24, 2.45) is 0 Å². The van der Waals surface area contributed by atoms with Crippen LogP contribution in [0.4, 0.5) is 10.3 Å². The maximum atomic E-state index is 14.0. The number of carbonyl (C=O) groups excluding carboxylic acids is 2. The van der Waals surface area contributed by atoms with E-state index in [1.54, 1.807) is 6.07 Å². The molecular formula is C19H12Cl2FN5O3. The molecule has 0 saturated heterocycles. The number of carbonyl (C=O) groups is 2. The number of anilines is 1. The van der Waals surface area contributed by atoms with Crippen molar-refractivity contribution < 1.29 is 18.7 Å². The summed E-state index contributed by atoms with van der Waals surface area (Å²) in [5.41, 5.74) is 0.207. The normalized spacial score (nSPS) is 15.4. The van der Waals surface area contributed by atoms with Crippen LogP contribution in [-0.2, 0) is 9.53 Å². The summed E-state index contributed by atoms with van der Waals surface area (Å²) < 4.78 is 20.1. The number of nitrogens with zero attached hydrogens (tertiary/aromatic N) is 4. The molecule has 30 heavy (non-hydrogen) atoms. The Bertz CT molecular complexity index is 1210. The van der Waals surface area contributed by atoms with Gasteiger partial charge in [-0.1, -0.05) is 40.4 Å². The number of allylic oxidation sites excluding steroid dienone is 1. The zero-order chi connectivity index (χ0) is 21.4. The summed E-state index contributed by atoms with van der Waals surface area (Å²) in [6.45, 7) is 0. The van der Waals surface area contributed by atoms with E-state index in [1.807, 2.05) is 0 Å². The minimum absolute atomic E-state index is 0.0588. The van der Waals surface area contributed by atoms with Crippen LogP contribution in [0, 0.1) is 5.82 Å². The number of rotatable bonds is 4. The number of hydrogen-bond donors (Lipinski definition) is 1. The van der Waals surface area contributed by atoms with Crippen LogP contribution >= 0.6 is 23.2 Å². The molecule has 8 nitrogen and oxygen atoms in total. The van der Waals surface area contributed by atoms with E-state index in [2.05, 4.69) is 20.8 Å². The lowest BCUT2D eigenvalue weighted by molar-refractivity contribution is -0.136. The van der Waals surface area contributed by atoms with Gasteiger partial charge in [-0.2, -0.15) is 4.68 Å². The number of esters is 1. The Morgan fingerprint density at radius 1 is 1.20 bits per heavy atom. The van der Waals surface area contributed by atoms with Gasteiger partial charge in [-0.15, -0.1) is 0 Å². The fourth-order valence-electron chi connectivity index (χ4n) is 3.19. The van der Waals surface area contributed by atoms with Gasteiger partial charge in [-0.05, 0) is 46.3 Å². The number of ketones is 1. The molecular weight excluding hydrogens is 436 g/mol. The number of tetrazole rings is 1. The van der Waals surface area contributed by atoms with Gasteiger partial charge in [-0.3, -0.25) is 4.79 Å². The molecule has 0 bridgehead atoms. The Kier molecular flexibility index (Phi) is 5.23. The Morgan fingerprint density at radius 3 is 2.70 bits per heavy atom. The molecule has 1 aliphatic rings. The van der Waals surface area contributed by atoms with Crippen molar-refractivity contribution in [3.8, 4) is 0 Å². The molecule has 1 N–H and O–H groups in total. The van der Waals surface area contributed by atoms with Crippen molar-refractivity contribution in [2.75, 3.05) is 12.4 Å². The molecule has 0 fully saturated rings. The molecule has 4 rings (SSSR count). The second-order valence-electron chi connectivity index (χ2n) is 6.26. The maximum absolute atomic E-state index is 14.0. The summed E-state index contributed by atoms with van der Waals surface area (Å²) in [6.07, 6.45) is 0. The summed E-state index contributed by atoms with van der Waals surface area (Å²) in [5, 5.41) is 14.5. The van der Waals surface area contributed by atoms with E-state index in [-0.39, 0.29) is 27.8 Å². The average Bonchev–Trinajstić information content (AvgIpc) is 3.19. The van der Waals surface area contributed by atoms with E-state index in [4.69, 9.17) is 27.9 Å². The molecule has 0 radical (unpaired) electrons. The summed E-state index contributed by atoms with van der Waals surface area (Å²) in [4.78, 5) is 26.1. The second kappa shape index (κ2) is 7.85. The van der Waals surface area contributed by atoms with Crippen LogP contribution < -0.4 is 5.32 Å². The average molecular weight is 448 g/mol. The van der Waals surface area contributed by atoms with Gasteiger partial charge in [0, 0.05) is 10.6 Å². The minimum Gasteiger partial charge on any atom is -0.464 e. The third kappa shape index (κ3) is 3.42. The number of ether oxygens (including phenoxy) is 1. The highest BCUT2D eigenvalue weighted by Crippen LogP contribution is 2.38. The number of benzene rings is 2. The van der Waals surface area contributed by atoms with E-state index in [0.717, 1.165) is 0 Å². The van der Waals surface area contributed by atoms with Crippen LogP contribution in [-0.4, -0.2) is 39.1 Å². The van der Waals surface area contributed by atoms with Crippen molar-refractivity contribution in [3.05, 3.63) is 80.7 Å². The molecule has 0 aliphatic carbocycles. The number of nitrogens with one attached hydrogen (secondary N) is 1.